The zero-order valence-electron chi connectivity index (χ0n) is 22.0. The third-order valence-electron chi connectivity index (χ3n) is 5.42. The Labute approximate surface area is 218 Å². The van der Waals surface area contributed by atoms with Crippen molar-refractivity contribution in [2.24, 2.45) is 0 Å². The van der Waals surface area contributed by atoms with Crippen LogP contribution in [0.3, 0.4) is 0 Å². The first-order chi connectivity index (χ1) is 16.7. The van der Waals surface area contributed by atoms with E-state index in [9.17, 15) is 19.5 Å². The van der Waals surface area contributed by atoms with Gasteiger partial charge >= 0.3 is 6.09 Å². The van der Waals surface area contributed by atoms with Gasteiger partial charge in [0.2, 0.25) is 5.91 Å². The summed E-state index contributed by atoms with van der Waals surface area (Å²) in [6.45, 7) is 12.5. The highest BCUT2D eigenvalue weighted by molar-refractivity contribution is 7.80. The summed E-state index contributed by atoms with van der Waals surface area (Å²) in [6, 6.07) is 9.34. The molecule has 2 aromatic carbocycles. The number of para-hydroxylation sites is 1. The molecule has 196 valence electrons. The number of hydrogen-bond donors (Lipinski definition) is 4. The van der Waals surface area contributed by atoms with Gasteiger partial charge in [0.15, 0.2) is 0 Å². The number of carbonyl (C=O) groups is 3. The van der Waals surface area contributed by atoms with Crippen molar-refractivity contribution < 1.29 is 24.2 Å². The van der Waals surface area contributed by atoms with Gasteiger partial charge in [-0.1, -0.05) is 30.3 Å². The first kappa shape index (κ1) is 29.0. The monoisotopic (exact) mass is 515 g/mol. The average Bonchev–Trinajstić information content (AvgIpc) is 2.76. The number of alkyl carbamates (subject to hydrolysis) is 1. The Morgan fingerprint density at radius 2 is 1.64 bits per heavy atom. The smallest absolute Gasteiger partial charge is 0.408 e. The van der Waals surface area contributed by atoms with Crippen LogP contribution < -0.4 is 10.6 Å². The first-order valence-corrected chi connectivity index (χ1v) is 12.5. The van der Waals surface area contributed by atoms with Crippen molar-refractivity contribution in [3.8, 4) is 5.75 Å². The molecule has 2 unspecified atom stereocenters. The molecule has 2 atom stereocenters. The van der Waals surface area contributed by atoms with E-state index < -0.39 is 41.6 Å². The molecule has 2 aromatic rings. The summed E-state index contributed by atoms with van der Waals surface area (Å²) in [5.74, 6) is -0.996. The van der Waals surface area contributed by atoms with E-state index in [1.54, 1.807) is 46.8 Å². The molecule has 2 rings (SSSR count). The van der Waals surface area contributed by atoms with E-state index in [0.717, 1.165) is 11.1 Å². The van der Waals surface area contributed by atoms with Crippen molar-refractivity contribution >= 4 is 36.2 Å². The number of hydrogen-bond acceptors (Lipinski definition) is 6. The molecule has 9 heteroatoms. The third-order valence-corrected chi connectivity index (χ3v) is 5.79. The highest BCUT2D eigenvalue weighted by Crippen LogP contribution is 2.30. The molecule has 3 N–H and O–H groups in total. The number of carbonyl (C=O) groups excluding carboxylic acids is 3. The normalized spacial score (nSPS) is 13.0. The van der Waals surface area contributed by atoms with Gasteiger partial charge in [0.1, 0.15) is 23.4 Å². The Hall–Kier alpha value is -3.20. The summed E-state index contributed by atoms with van der Waals surface area (Å²) < 4.78 is 5.31. The number of nitrogens with zero attached hydrogens (tertiary/aromatic N) is 1. The van der Waals surface area contributed by atoms with Crippen molar-refractivity contribution in [1.82, 2.24) is 10.2 Å². The summed E-state index contributed by atoms with van der Waals surface area (Å²) >= 11 is 4.28. The van der Waals surface area contributed by atoms with Crippen molar-refractivity contribution in [2.75, 3.05) is 11.1 Å². The highest BCUT2D eigenvalue weighted by Gasteiger charge is 2.37. The number of aromatic hydroxyl groups is 1. The summed E-state index contributed by atoms with van der Waals surface area (Å²) in [6.07, 6.45) is -0.757. The Kier molecular flexibility index (Phi) is 9.81. The fraction of sp³-hybridized carbons (Fsp3) is 0.444. The standard InChI is InChI=1S/C27H37N3O5S/c1-16(2)30(25(33)21(15-36)28-26(34)35-27(5,6)7)23(19-12-9-13-20(31)14-19)24(32)29-22-17(3)10-8-11-18(22)4/h8-14,16,21,23,31,36H,15H2,1-7H3,(H,28,34)(H,29,32). The molecule has 0 fully saturated rings. The predicted molar refractivity (Wildman–Crippen MR) is 144 cm³/mol. The summed E-state index contributed by atoms with van der Waals surface area (Å²) in [5.41, 5.74) is 2.08. The Morgan fingerprint density at radius 3 is 2.14 bits per heavy atom. The minimum absolute atomic E-state index is 0.00736. The highest BCUT2D eigenvalue weighted by atomic mass is 32.1. The number of aryl methyl sites for hydroxylation is 2. The van der Waals surface area contributed by atoms with Crippen LogP contribution in [0.25, 0.3) is 0 Å². The SMILES string of the molecule is Cc1cccc(C)c1NC(=O)C(c1cccc(O)c1)N(C(=O)C(CS)NC(=O)OC(C)(C)C)C(C)C. The van der Waals surface area contributed by atoms with E-state index in [1.165, 1.54) is 17.0 Å². The second kappa shape index (κ2) is 12.2. The van der Waals surface area contributed by atoms with Crippen LogP contribution in [0.15, 0.2) is 42.5 Å². The summed E-state index contributed by atoms with van der Waals surface area (Å²) in [7, 11) is 0. The van der Waals surface area contributed by atoms with E-state index in [-0.39, 0.29) is 11.5 Å². The molecular formula is C27H37N3O5S. The maximum atomic E-state index is 13.8. The van der Waals surface area contributed by atoms with Gasteiger partial charge in [0.25, 0.3) is 5.91 Å². The van der Waals surface area contributed by atoms with Gasteiger partial charge in [-0.15, -0.1) is 0 Å². The van der Waals surface area contributed by atoms with Crippen LogP contribution in [0, 0.1) is 13.8 Å². The van der Waals surface area contributed by atoms with Crippen LogP contribution in [0.5, 0.6) is 5.75 Å². The number of benzene rings is 2. The van der Waals surface area contributed by atoms with E-state index in [1.807, 2.05) is 32.0 Å². The molecular weight excluding hydrogens is 478 g/mol. The van der Waals surface area contributed by atoms with E-state index in [4.69, 9.17) is 4.74 Å². The van der Waals surface area contributed by atoms with Gasteiger partial charge in [-0.2, -0.15) is 12.6 Å². The molecule has 0 radical (unpaired) electrons. The number of amides is 3. The largest absolute Gasteiger partial charge is 0.508 e. The first-order valence-electron chi connectivity index (χ1n) is 11.8. The fourth-order valence-electron chi connectivity index (χ4n) is 3.83. The lowest BCUT2D eigenvalue weighted by Crippen LogP contribution is -2.55. The van der Waals surface area contributed by atoms with Gasteiger partial charge in [-0.05, 0) is 77.3 Å². The Morgan fingerprint density at radius 1 is 1.06 bits per heavy atom. The quantitative estimate of drug-likeness (QED) is 0.380. The summed E-state index contributed by atoms with van der Waals surface area (Å²) in [5, 5.41) is 15.7. The van der Waals surface area contributed by atoms with E-state index in [0.29, 0.717) is 11.3 Å². The zero-order chi connectivity index (χ0) is 27.2. The van der Waals surface area contributed by atoms with Crippen LogP contribution in [-0.4, -0.2) is 51.4 Å². The number of nitrogens with one attached hydrogen (secondary N) is 2. The van der Waals surface area contributed by atoms with Crippen molar-refractivity contribution in [1.29, 1.82) is 0 Å². The van der Waals surface area contributed by atoms with Crippen molar-refractivity contribution in [2.45, 2.75) is 72.2 Å². The lowest BCUT2D eigenvalue weighted by atomic mass is 10.00. The second-order valence-electron chi connectivity index (χ2n) is 9.97. The molecule has 3 amide bonds. The number of rotatable bonds is 8. The van der Waals surface area contributed by atoms with Crippen LogP contribution >= 0.6 is 12.6 Å². The van der Waals surface area contributed by atoms with Crippen LogP contribution in [0.4, 0.5) is 10.5 Å². The molecule has 0 spiro atoms. The Balaban J connectivity index is 2.50. The number of phenolic OH excluding ortho intramolecular Hbond substituents is 1. The van der Waals surface area contributed by atoms with Gasteiger partial charge < -0.3 is 25.4 Å². The molecule has 0 aliphatic heterocycles. The topological polar surface area (TPSA) is 108 Å². The van der Waals surface area contributed by atoms with E-state index >= 15 is 0 Å². The van der Waals surface area contributed by atoms with Crippen LogP contribution in [0.2, 0.25) is 0 Å². The maximum absolute atomic E-state index is 13.8. The zero-order valence-corrected chi connectivity index (χ0v) is 22.8. The molecule has 0 aliphatic carbocycles. The molecule has 0 aliphatic rings. The number of ether oxygens (including phenoxy) is 1. The number of thiol groups is 1. The lowest BCUT2D eigenvalue weighted by Gasteiger charge is -2.37. The van der Waals surface area contributed by atoms with Gasteiger partial charge in [0, 0.05) is 17.5 Å². The molecule has 0 saturated carbocycles. The fourth-order valence-corrected chi connectivity index (χ4v) is 4.08. The molecule has 8 nitrogen and oxygen atoms in total. The van der Waals surface area contributed by atoms with Gasteiger partial charge in [0.05, 0.1) is 0 Å². The number of anilines is 1. The number of phenols is 1. The Bertz CT molecular complexity index is 1080. The molecule has 0 aromatic heterocycles. The molecule has 0 bridgehead atoms. The summed E-state index contributed by atoms with van der Waals surface area (Å²) in [4.78, 5) is 41.4. The van der Waals surface area contributed by atoms with Crippen LogP contribution in [0.1, 0.15) is 57.4 Å². The van der Waals surface area contributed by atoms with Crippen molar-refractivity contribution in [3.63, 3.8) is 0 Å². The molecule has 36 heavy (non-hydrogen) atoms. The maximum Gasteiger partial charge on any atom is 0.408 e. The average molecular weight is 516 g/mol. The second-order valence-corrected chi connectivity index (χ2v) is 10.3. The molecule has 0 heterocycles. The predicted octanol–water partition coefficient (Wildman–Crippen LogP) is 4.75. The minimum Gasteiger partial charge on any atom is -0.508 e. The lowest BCUT2D eigenvalue weighted by molar-refractivity contribution is -0.142. The van der Waals surface area contributed by atoms with Gasteiger partial charge in [-0.3, -0.25) is 9.59 Å². The van der Waals surface area contributed by atoms with E-state index in [2.05, 4.69) is 23.3 Å². The third kappa shape index (κ3) is 7.65. The van der Waals surface area contributed by atoms with Crippen LogP contribution in [-0.2, 0) is 14.3 Å². The van der Waals surface area contributed by atoms with Crippen molar-refractivity contribution in [3.05, 3.63) is 59.2 Å². The minimum atomic E-state index is -1.09. The molecule has 0 saturated heterocycles. The van der Waals surface area contributed by atoms with Gasteiger partial charge in [-0.25, -0.2) is 4.79 Å².